The quantitative estimate of drug-likeness (QED) is 0.649. The van der Waals surface area contributed by atoms with E-state index in [1.807, 2.05) is 6.07 Å². The minimum absolute atomic E-state index is 0.198. The Balaban J connectivity index is 2.96. The molecule has 0 bridgehead atoms. The fourth-order valence-electron chi connectivity index (χ4n) is 1.11. The molecule has 5 heteroatoms. The van der Waals surface area contributed by atoms with E-state index in [2.05, 4.69) is 0 Å². The first kappa shape index (κ1) is 11.2. The maximum absolute atomic E-state index is 10.4. The van der Waals surface area contributed by atoms with Gasteiger partial charge >= 0.3 is 5.97 Å². The van der Waals surface area contributed by atoms with Gasteiger partial charge in [0.1, 0.15) is 6.10 Å². The minimum Gasteiger partial charge on any atom is -0.479 e. The Morgan fingerprint density at radius 1 is 1.40 bits per heavy atom. The van der Waals surface area contributed by atoms with Crippen molar-refractivity contribution >= 4 is 5.97 Å². The maximum atomic E-state index is 10.4. The third kappa shape index (κ3) is 2.53. The topological polar surface area (TPSA) is 102 Å². The third-order valence-corrected chi connectivity index (χ3v) is 1.91. The Morgan fingerprint density at radius 3 is 2.60 bits per heavy atom. The van der Waals surface area contributed by atoms with E-state index in [1.165, 1.54) is 24.3 Å². The molecule has 3 N–H and O–H groups in total. The molecule has 1 aromatic rings. The molecule has 0 spiro atoms. The summed E-state index contributed by atoms with van der Waals surface area (Å²) in [5.74, 6) is -1.51. The zero-order valence-corrected chi connectivity index (χ0v) is 7.66. The fourth-order valence-corrected chi connectivity index (χ4v) is 1.11. The standard InChI is InChI=1S/C10H9NO4/c11-5-6-2-1-3-7(4-6)8(12)9(13)10(14)15/h1-4,8-9,12-13H,(H,14,15). The average molecular weight is 207 g/mol. The molecule has 0 aromatic heterocycles. The molecule has 1 rings (SSSR count). The highest BCUT2D eigenvalue weighted by atomic mass is 16.4. The van der Waals surface area contributed by atoms with Gasteiger partial charge in [0, 0.05) is 0 Å². The van der Waals surface area contributed by atoms with E-state index in [1.54, 1.807) is 0 Å². The Morgan fingerprint density at radius 2 is 2.07 bits per heavy atom. The third-order valence-electron chi connectivity index (χ3n) is 1.91. The highest BCUT2D eigenvalue weighted by molar-refractivity contribution is 5.73. The van der Waals surface area contributed by atoms with Crippen LogP contribution in [0.1, 0.15) is 17.2 Å². The summed E-state index contributed by atoms with van der Waals surface area (Å²) in [4.78, 5) is 10.4. The van der Waals surface area contributed by atoms with Crippen LogP contribution in [0.5, 0.6) is 0 Å². The number of carboxylic acids is 1. The van der Waals surface area contributed by atoms with Crippen LogP contribution in [0, 0.1) is 11.3 Å². The van der Waals surface area contributed by atoms with Gasteiger partial charge in [0.05, 0.1) is 11.6 Å². The molecular formula is C10H9NO4. The molecule has 0 amide bonds. The van der Waals surface area contributed by atoms with Crippen LogP contribution in [0.2, 0.25) is 0 Å². The fraction of sp³-hybridized carbons (Fsp3) is 0.200. The molecule has 0 heterocycles. The first-order chi connectivity index (χ1) is 7.06. The number of aliphatic hydroxyl groups is 2. The van der Waals surface area contributed by atoms with Crippen molar-refractivity contribution in [3.8, 4) is 6.07 Å². The molecule has 0 saturated heterocycles. The summed E-state index contributed by atoms with van der Waals surface area (Å²) in [6.07, 6.45) is -3.42. The Labute approximate surface area is 85.8 Å². The lowest BCUT2D eigenvalue weighted by molar-refractivity contribution is -0.153. The van der Waals surface area contributed by atoms with Gasteiger partial charge in [0.15, 0.2) is 6.10 Å². The van der Waals surface area contributed by atoms with Crippen molar-refractivity contribution < 1.29 is 20.1 Å². The van der Waals surface area contributed by atoms with Gasteiger partial charge in [-0.2, -0.15) is 5.26 Å². The highest BCUT2D eigenvalue weighted by Gasteiger charge is 2.24. The van der Waals surface area contributed by atoms with Crippen LogP contribution in [-0.2, 0) is 4.79 Å². The summed E-state index contributed by atoms with van der Waals surface area (Å²) >= 11 is 0. The first-order valence-electron chi connectivity index (χ1n) is 4.15. The zero-order valence-electron chi connectivity index (χ0n) is 7.66. The summed E-state index contributed by atoms with van der Waals surface area (Å²) < 4.78 is 0. The number of carboxylic acid groups (broad SMARTS) is 1. The van der Waals surface area contributed by atoms with Gasteiger partial charge in [0.25, 0.3) is 0 Å². The second kappa shape index (κ2) is 4.55. The SMILES string of the molecule is N#Cc1cccc(C(O)C(O)C(=O)O)c1. The number of nitrogens with zero attached hydrogens (tertiary/aromatic N) is 1. The molecule has 5 nitrogen and oxygen atoms in total. The van der Waals surface area contributed by atoms with Crippen LogP contribution >= 0.6 is 0 Å². The normalized spacial score (nSPS) is 13.9. The van der Waals surface area contributed by atoms with Crippen molar-refractivity contribution in [1.29, 1.82) is 5.26 Å². The van der Waals surface area contributed by atoms with E-state index in [0.29, 0.717) is 5.56 Å². The lowest BCUT2D eigenvalue weighted by Gasteiger charge is -2.14. The predicted molar refractivity (Wildman–Crippen MR) is 49.8 cm³/mol. The van der Waals surface area contributed by atoms with E-state index in [0.717, 1.165) is 0 Å². The number of hydrogen-bond acceptors (Lipinski definition) is 4. The van der Waals surface area contributed by atoms with Gasteiger partial charge < -0.3 is 15.3 Å². The van der Waals surface area contributed by atoms with E-state index < -0.39 is 18.2 Å². The van der Waals surface area contributed by atoms with Gasteiger partial charge in [-0.15, -0.1) is 0 Å². The van der Waals surface area contributed by atoms with Crippen LogP contribution in [-0.4, -0.2) is 27.4 Å². The van der Waals surface area contributed by atoms with Crippen molar-refractivity contribution in [2.75, 3.05) is 0 Å². The lowest BCUT2D eigenvalue weighted by atomic mass is 10.0. The summed E-state index contributed by atoms with van der Waals surface area (Å²) in [5.41, 5.74) is 0.494. The number of hydrogen-bond donors (Lipinski definition) is 3. The smallest absolute Gasteiger partial charge is 0.335 e. The monoisotopic (exact) mass is 207 g/mol. The summed E-state index contributed by atoms with van der Waals surface area (Å²) in [6, 6.07) is 7.65. The van der Waals surface area contributed by atoms with Crippen LogP contribution in [0.4, 0.5) is 0 Å². The second-order valence-corrected chi connectivity index (χ2v) is 2.97. The molecule has 0 fully saturated rings. The molecule has 1 aromatic carbocycles. The Hall–Kier alpha value is -1.90. The number of aliphatic carboxylic acids is 1. The molecule has 0 saturated carbocycles. The van der Waals surface area contributed by atoms with E-state index in [4.69, 9.17) is 15.5 Å². The number of nitriles is 1. The zero-order chi connectivity index (χ0) is 11.4. The summed E-state index contributed by atoms with van der Waals surface area (Å²) in [7, 11) is 0. The van der Waals surface area contributed by atoms with Crippen molar-refractivity contribution in [3.05, 3.63) is 35.4 Å². The number of aliphatic hydroxyl groups excluding tert-OH is 2. The number of carbonyl (C=O) groups is 1. The van der Waals surface area contributed by atoms with Crippen molar-refractivity contribution in [2.45, 2.75) is 12.2 Å². The summed E-state index contributed by atoms with van der Waals surface area (Å²) in [5, 5.41) is 35.6. The molecule has 0 aliphatic rings. The van der Waals surface area contributed by atoms with Crippen LogP contribution in [0.25, 0.3) is 0 Å². The van der Waals surface area contributed by atoms with E-state index in [9.17, 15) is 9.90 Å². The Kier molecular flexibility index (Phi) is 3.39. The van der Waals surface area contributed by atoms with Crippen molar-refractivity contribution in [3.63, 3.8) is 0 Å². The van der Waals surface area contributed by atoms with Gasteiger partial charge in [-0.3, -0.25) is 0 Å². The minimum atomic E-state index is -1.89. The van der Waals surface area contributed by atoms with Crippen LogP contribution in [0.3, 0.4) is 0 Å². The molecule has 2 atom stereocenters. The summed E-state index contributed by atoms with van der Waals surface area (Å²) in [6.45, 7) is 0. The average Bonchev–Trinajstić information content (AvgIpc) is 2.27. The van der Waals surface area contributed by atoms with Gasteiger partial charge in [-0.1, -0.05) is 12.1 Å². The second-order valence-electron chi connectivity index (χ2n) is 2.97. The molecule has 15 heavy (non-hydrogen) atoms. The van der Waals surface area contributed by atoms with E-state index >= 15 is 0 Å². The predicted octanol–water partition coefficient (Wildman–Crippen LogP) is 0.0372. The molecule has 2 unspecified atom stereocenters. The van der Waals surface area contributed by atoms with Crippen LogP contribution < -0.4 is 0 Å². The van der Waals surface area contributed by atoms with Crippen molar-refractivity contribution in [1.82, 2.24) is 0 Å². The number of benzene rings is 1. The molecular weight excluding hydrogens is 198 g/mol. The van der Waals surface area contributed by atoms with Crippen molar-refractivity contribution in [2.24, 2.45) is 0 Å². The molecule has 0 aliphatic heterocycles. The number of rotatable bonds is 3. The Bertz CT molecular complexity index is 410. The van der Waals surface area contributed by atoms with Crippen LogP contribution in [0.15, 0.2) is 24.3 Å². The lowest BCUT2D eigenvalue weighted by Crippen LogP contribution is -2.27. The van der Waals surface area contributed by atoms with Gasteiger partial charge in [0.2, 0.25) is 0 Å². The molecule has 78 valence electrons. The molecule has 0 radical (unpaired) electrons. The maximum Gasteiger partial charge on any atom is 0.335 e. The van der Waals surface area contributed by atoms with Gasteiger partial charge in [-0.25, -0.2) is 4.79 Å². The van der Waals surface area contributed by atoms with E-state index in [-0.39, 0.29) is 5.56 Å². The molecule has 0 aliphatic carbocycles. The first-order valence-corrected chi connectivity index (χ1v) is 4.15. The highest BCUT2D eigenvalue weighted by Crippen LogP contribution is 2.18. The largest absolute Gasteiger partial charge is 0.479 e. The van der Waals surface area contributed by atoms with Gasteiger partial charge in [-0.05, 0) is 17.7 Å².